The van der Waals surface area contributed by atoms with E-state index in [1.54, 1.807) is 4.90 Å². The number of nitrogens with zero attached hydrogens (tertiary/aromatic N) is 1. The van der Waals surface area contributed by atoms with Gasteiger partial charge in [-0.1, -0.05) is 38.5 Å². The van der Waals surface area contributed by atoms with E-state index in [-0.39, 0.29) is 11.8 Å². The number of unbranched alkanes of at least 4 members (excludes halogenated alkanes) is 1. The summed E-state index contributed by atoms with van der Waals surface area (Å²) < 4.78 is 0. The lowest BCUT2D eigenvalue weighted by molar-refractivity contribution is -0.126. The van der Waals surface area contributed by atoms with Crippen molar-refractivity contribution in [1.82, 2.24) is 5.32 Å². The molecule has 0 bridgehead atoms. The van der Waals surface area contributed by atoms with Crippen LogP contribution in [0.2, 0.25) is 0 Å². The fourth-order valence-corrected chi connectivity index (χ4v) is 2.58. The average molecular weight is 274 g/mol. The Morgan fingerprint density at radius 2 is 2.05 bits per heavy atom. The van der Waals surface area contributed by atoms with E-state index in [1.807, 2.05) is 31.2 Å². The second-order valence-electron chi connectivity index (χ2n) is 5.11. The zero-order chi connectivity index (χ0) is 14.5. The van der Waals surface area contributed by atoms with Crippen LogP contribution in [0.5, 0.6) is 0 Å². The summed E-state index contributed by atoms with van der Waals surface area (Å²) in [5, 5.41) is 2.94. The van der Waals surface area contributed by atoms with Gasteiger partial charge in [0.2, 0.25) is 11.8 Å². The molecule has 0 radical (unpaired) electrons. The van der Waals surface area contributed by atoms with Gasteiger partial charge < -0.3 is 5.32 Å². The van der Waals surface area contributed by atoms with Crippen molar-refractivity contribution in [2.75, 3.05) is 11.4 Å². The molecule has 1 aliphatic rings. The molecule has 0 saturated carbocycles. The lowest BCUT2D eigenvalue weighted by Gasteiger charge is -2.24. The number of carbonyl (C=O) groups excluding carboxylic acids is 2. The molecule has 108 valence electrons. The molecule has 1 atom stereocenters. The molecular weight excluding hydrogens is 252 g/mol. The van der Waals surface area contributed by atoms with Crippen LogP contribution in [0.25, 0.3) is 0 Å². The highest BCUT2D eigenvalue weighted by atomic mass is 16.2. The number of hydrogen-bond acceptors (Lipinski definition) is 2. The van der Waals surface area contributed by atoms with Crippen LogP contribution >= 0.6 is 0 Å². The predicted molar refractivity (Wildman–Crippen MR) is 79.6 cm³/mol. The van der Waals surface area contributed by atoms with Crippen molar-refractivity contribution in [2.24, 2.45) is 0 Å². The predicted octanol–water partition coefficient (Wildman–Crippen LogP) is 2.27. The molecule has 20 heavy (non-hydrogen) atoms. The Morgan fingerprint density at radius 3 is 2.75 bits per heavy atom. The van der Waals surface area contributed by atoms with E-state index in [0.717, 1.165) is 24.1 Å². The Kier molecular flexibility index (Phi) is 4.77. The first-order valence-corrected chi connectivity index (χ1v) is 7.36. The zero-order valence-electron chi connectivity index (χ0n) is 12.2. The van der Waals surface area contributed by atoms with E-state index in [9.17, 15) is 9.59 Å². The molecule has 0 aliphatic carbocycles. The molecule has 1 aliphatic heterocycles. The fraction of sp³-hybridized carbons (Fsp3) is 0.500. The Hall–Kier alpha value is -1.84. The van der Waals surface area contributed by atoms with Gasteiger partial charge >= 0.3 is 0 Å². The van der Waals surface area contributed by atoms with Crippen molar-refractivity contribution >= 4 is 17.5 Å². The van der Waals surface area contributed by atoms with Crippen LogP contribution in [-0.2, 0) is 16.0 Å². The number of anilines is 1. The lowest BCUT2D eigenvalue weighted by Crippen LogP contribution is -2.48. The maximum atomic E-state index is 12.3. The van der Waals surface area contributed by atoms with Crippen molar-refractivity contribution in [2.45, 2.75) is 45.6 Å². The summed E-state index contributed by atoms with van der Waals surface area (Å²) in [4.78, 5) is 26.1. The van der Waals surface area contributed by atoms with Crippen LogP contribution in [-0.4, -0.2) is 24.4 Å². The van der Waals surface area contributed by atoms with Crippen molar-refractivity contribution in [3.8, 4) is 0 Å². The molecule has 1 aromatic carbocycles. The lowest BCUT2D eigenvalue weighted by atomic mass is 10.1. The van der Waals surface area contributed by atoms with Crippen molar-refractivity contribution in [3.05, 3.63) is 29.8 Å². The van der Waals surface area contributed by atoms with E-state index in [1.165, 1.54) is 0 Å². The van der Waals surface area contributed by atoms with Crippen LogP contribution in [0.3, 0.4) is 0 Å². The van der Waals surface area contributed by atoms with Gasteiger partial charge in [-0.3, -0.25) is 14.5 Å². The smallest absolute Gasteiger partial charge is 0.243 e. The van der Waals surface area contributed by atoms with Crippen LogP contribution in [0.4, 0.5) is 5.69 Å². The summed E-state index contributed by atoms with van der Waals surface area (Å²) in [5.41, 5.74) is 1.96. The molecule has 0 aromatic heterocycles. The standard InChI is InChI=1S/C16H22N2O2/c1-3-5-10-17-16(20)14-11-12-8-6-7-9-13(12)18(14)15(19)4-2/h6-9,14H,3-5,10-11H2,1-2H3,(H,17,20)/t14-/m0/s1. The maximum absolute atomic E-state index is 12.3. The topological polar surface area (TPSA) is 49.4 Å². The third-order valence-electron chi connectivity index (χ3n) is 3.68. The van der Waals surface area contributed by atoms with Gasteiger partial charge in [0.25, 0.3) is 0 Å². The van der Waals surface area contributed by atoms with Crippen molar-refractivity contribution < 1.29 is 9.59 Å². The van der Waals surface area contributed by atoms with Gasteiger partial charge in [0.1, 0.15) is 6.04 Å². The average Bonchev–Trinajstić information content (AvgIpc) is 2.86. The minimum atomic E-state index is -0.392. The second kappa shape index (κ2) is 6.55. The van der Waals surface area contributed by atoms with Gasteiger partial charge in [0.05, 0.1) is 0 Å². The highest BCUT2D eigenvalue weighted by Gasteiger charge is 2.37. The number of hydrogen-bond donors (Lipinski definition) is 1. The molecule has 1 heterocycles. The summed E-state index contributed by atoms with van der Waals surface area (Å²) in [6.45, 7) is 4.59. The first-order chi connectivity index (χ1) is 9.69. The van der Waals surface area contributed by atoms with Gasteiger partial charge in [-0.15, -0.1) is 0 Å². The molecule has 0 fully saturated rings. The Balaban J connectivity index is 2.17. The normalized spacial score (nSPS) is 16.9. The molecule has 0 saturated heterocycles. The summed E-state index contributed by atoms with van der Waals surface area (Å²) in [5.74, 6) is -0.0398. The third kappa shape index (κ3) is 2.84. The number of amides is 2. The maximum Gasteiger partial charge on any atom is 0.243 e. The molecule has 4 nitrogen and oxygen atoms in total. The van der Waals surface area contributed by atoms with Crippen LogP contribution < -0.4 is 10.2 Å². The van der Waals surface area contributed by atoms with E-state index in [0.29, 0.717) is 19.4 Å². The Bertz CT molecular complexity index is 499. The summed E-state index contributed by atoms with van der Waals surface area (Å²) in [6.07, 6.45) is 3.03. The monoisotopic (exact) mass is 274 g/mol. The van der Waals surface area contributed by atoms with Gasteiger partial charge in [-0.2, -0.15) is 0 Å². The van der Waals surface area contributed by atoms with Crippen molar-refractivity contribution in [3.63, 3.8) is 0 Å². The van der Waals surface area contributed by atoms with Gasteiger partial charge in [-0.05, 0) is 18.1 Å². The second-order valence-corrected chi connectivity index (χ2v) is 5.11. The molecule has 4 heteroatoms. The van der Waals surface area contributed by atoms with Crippen LogP contribution in [0, 0.1) is 0 Å². The number of carbonyl (C=O) groups is 2. The highest BCUT2D eigenvalue weighted by Crippen LogP contribution is 2.32. The van der Waals surface area contributed by atoms with Gasteiger partial charge in [0.15, 0.2) is 0 Å². The van der Waals surface area contributed by atoms with Crippen LogP contribution in [0.1, 0.15) is 38.7 Å². The Labute approximate surface area is 120 Å². The molecule has 0 spiro atoms. The largest absolute Gasteiger partial charge is 0.354 e. The Morgan fingerprint density at radius 1 is 1.30 bits per heavy atom. The van der Waals surface area contributed by atoms with Gasteiger partial charge in [0, 0.05) is 25.1 Å². The minimum absolute atomic E-state index is 0.00518. The molecule has 1 N–H and O–H groups in total. The van der Waals surface area contributed by atoms with Crippen LogP contribution in [0.15, 0.2) is 24.3 Å². The highest BCUT2D eigenvalue weighted by molar-refractivity contribution is 6.03. The zero-order valence-corrected chi connectivity index (χ0v) is 12.2. The van der Waals surface area contributed by atoms with E-state index < -0.39 is 6.04 Å². The molecule has 1 aromatic rings. The number of fused-ring (bicyclic) bond motifs is 1. The first kappa shape index (κ1) is 14.6. The number of para-hydroxylation sites is 1. The first-order valence-electron chi connectivity index (χ1n) is 7.36. The number of rotatable bonds is 5. The third-order valence-corrected chi connectivity index (χ3v) is 3.68. The molecule has 2 rings (SSSR count). The van der Waals surface area contributed by atoms with E-state index in [2.05, 4.69) is 12.2 Å². The number of nitrogens with one attached hydrogen (secondary N) is 1. The SMILES string of the molecule is CCCCNC(=O)[C@@H]1Cc2ccccc2N1C(=O)CC. The number of benzene rings is 1. The summed E-state index contributed by atoms with van der Waals surface area (Å²) in [6, 6.07) is 7.38. The molecule has 0 unspecified atom stereocenters. The van der Waals surface area contributed by atoms with Crippen molar-refractivity contribution in [1.29, 1.82) is 0 Å². The molecular formula is C16H22N2O2. The quantitative estimate of drug-likeness (QED) is 0.837. The van der Waals surface area contributed by atoms with E-state index >= 15 is 0 Å². The molecule has 2 amide bonds. The van der Waals surface area contributed by atoms with E-state index in [4.69, 9.17) is 0 Å². The summed E-state index contributed by atoms with van der Waals surface area (Å²) in [7, 11) is 0. The fourth-order valence-electron chi connectivity index (χ4n) is 2.58. The van der Waals surface area contributed by atoms with Gasteiger partial charge in [-0.25, -0.2) is 0 Å². The minimum Gasteiger partial charge on any atom is -0.354 e. The summed E-state index contributed by atoms with van der Waals surface area (Å²) >= 11 is 0.